The lowest BCUT2D eigenvalue weighted by atomic mass is 10.1. The number of thiophene rings is 1. The van der Waals surface area contributed by atoms with Gasteiger partial charge >= 0.3 is 5.97 Å². The fourth-order valence-corrected chi connectivity index (χ4v) is 3.61. The zero-order valence-electron chi connectivity index (χ0n) is 15.7. The molecule has 0 aliphatic heterocycles. The summed E-state index contributed by atoms with van der Waals surface area (Å²) >= 11 is 0.909. The highest BCUT2D eigenvalue weighted by Crippen LogP contribution is 2.33. The van der Waals surface area contributed by atoms with Crippen LogP contribution in [0.5, 0.6) is 5.75 Å². The molecule has 0 saturated carbocycles. The second-order valence-electron chi connectivity index (χ2n) is 5.90. The van der Waals surface area contributed by atoms with Crippen molar-refractivity contribution in [3.05, 3.63) is 64.3 Å². The van der Waals surface area contributed by atoms with Gasteiger partial charge in [-0.2, -0.15) is 5.10 Å². The van der Waals surface area contributed by atoms with Gasteiger partial charge in [0, 0.05) is 6.20 Å². The maximum Gasteiger partial charge on any atom is 0.341 e. The number of anilines is 1. The molecule has 0 unspecified atom stereocenters. The molecule has 9 nitrogen and oxygen atoms in total. The third kappa shape index (κ3) is 4.43. The number of nitrogens with two attached hydrogens (primary N) is 1. The van der Waals surface area contributed by atoms with Crippen LogP contribution in [-0.4, -0.2) is 34.7 Å². The fraction of sp³-hybridized carbons (Fsp3) is 0.158. The summed E-state index contributed by atoms with van der Waals surface area (Å²) < 4.78 is 11.8. The summed E-state index contributed by atoms with van der Waals surface area (Å²) in [5.41, 5.74) is 5.90. The van der Waals surface area contributed by atoms with Crippen molar-refractivity contribution in [1.29, 1.82) is 0 Å². The summed E-state index contributed by atoms with van der Waals surface area (Å²) in [6, 6.07) is 10.7. The number of hydrogen-bond donors (Lipinski definition) is 2. The standard InChI is InChI=1S/C19H18N4O5S/c1-11-14(19(26)27-2)18(29-15(11)16(20)24)21-17(25)13-8-9-23(22-13)10-28-12-6-4-3-5-7-12/h3-9H,10H2,1-2H3,(H2,20,24)(H,21,25). The van der Waals surface area contributed by atoms with Gasteiger partial charge < -0.3 is 20.5 Å². The monoisotopic (exact) mass is 414 g/mol. The number of carbonyl (C=O) groups is 3. The molecular formula is C19H18N4O5S. The maximum atomic E-state index is 12.6. The Labute approximate surface area is 170 Å². The van der Waals surface area contributed by atoms with Crippen LogP contribution in [-0.2, 0) is 11.5 Å². The number of rotatable bonds is 7. The van der Waals surface area contributed by atoms with Gasteiger partial charge in [0.25, 0.3) is 11.8 Å². The number of ether oxygens (including phenoxy) is 2. The fourth-order valence-electron chi connectivity index (χ4n) is 2.56. The van der Waals surface area contributed by atoms with Crippen molar-refractivity contribution in [2.45, 2.75) is 13.7 Å². The van der Waals surface area contributed by atoms with Crippen molar-refractivity contribution in [3.8, 4) is 5.75 Å². The summed E-state index contributed by atoms with van der Waals surface area (Å²) in [5.74, 6) is -1.25. The van der Waals surface area contributed by atoms with Gasteiger partial charge in [0.15, 0.2) is 12.4 Å². The lowest BCUT2D eigenvalue weighted by Gasteiger charge is -2.06. The molecule has 29 heavy (non-hydrogen) atoms. The second-order valence-corrected chi connectivity index (χ2v) is 6.92. The number of para-hydroxylation sites is 1. The molecule has 150 valence electrons. The molecule has 0 aliphatic carbocycles. The molecule has 0 fully saturated rings. The van der Waals surface area contributed by atoms with Crippen molar-refractivity contribution >= 4 is 34.1 Å². The van der Waals surface area contributed by atoms with E-state index in [2.05, 4.69) is 10.4 Å². The molecule has 0 saturated heterocycles. The van der Waals surface area contributed by atoms with E-state index in [9.17, 15) is 14.4 Å². The van der Waals surface area contributed by atoms with Gasteiger partial charge in [-0.3, -0.25) is 9.59 Å². The Morgan fingerprint density at radius 1 is 1.21 bits per heavy atom. The molecule has 10 heteroatoms. The SMILES string of the molecule is COC(=O)c1c(NC(=O)c2ccn(COc3ccccc3)n2)sc(C(N)=O)c1C. The summed E-state index contributed by atoms with van der Waals surface area (Å²) in [5, 5.41) is 6.93. The predicted molar refractivity (Wildman–Crippen MR) is 106 cm³/mol. The number of esters is 1. The molecule has 0 radical (unpaired) electrons. The lowest BCUT2D eigenvalue weighted by molar-refractivity contribution is 0.0601. The quantitative estimate of drug-likeness (QED) is 0.572. The maximum absolute atomic E-state index is 12.6. The Hall–Kier alpha value is -3.66. The van der Waals surface area contributed by atoms with E-state index in [-0.39, 0.29) is 27.9 Å². The summed E-state index contributed by atoms with van der Waals surface area (Å²) in [7, 11) is 1.21. The van der Waals surface area contributed by atoms with E-state index in [1.165, 1.54) is 17.9 Å². The lowest BCUT2D eigenvalue weighted by Crippen LogP contribution is -2.16. The van der Waals surface area contributed by atoms with Crippen LogP contribution in [0.15, 0.2) is 42.6 Å². The molecule has 0 aliphatic rings. The largest absolute Gasteiger partial charge is 0.471 e. The number of amides is 2. The first-order valence-electron chi connectivity index (χ1n) is 8.45. The van der Waals surface area contributed by atoms with E-state index >= 15 is 0 Å². The first-order valence-corrected chi connectivity index (χ1v) is 9.26. The Bertz CT molecular complexity index is 1060. The van der Waals surface area contributed by atoms with Crippen LogP contribution in [0.1, 0.15) is 36.1 Å². The molecule has 2 aromatic heterocycles. The molecule has 3 rings (SSSR count). The van der Waals surface area contributed by atoms with Crippen LogP contribution in [0.3, 0.4) is 0 Å². The van der Waals surface area contributed by atoms with Gasteiger partial charge in [-0.1, -0.05) is 18.2 Å². The molecular weight excluding hydrogens is 396 g/mol. The van der Waals surface area contributed by atoms with E-state index in [1.807, 2.05) is 18.2 Å². The van der Waals surface area contributed by atoms with E-state index in [1.54, 1.807) is 25.3 Å². The van der Waals surface area contributed by atoms with E-state index in [4.69, 9.17) is 15.2 Å². The third-order valence-electron chi connectivity index (χ3n) is 3.97. The van der Waals surface area contributed by atoms with Gasteiger partial charge in [-0.05, 0) is 30.7 Å². The molecule has 0 bridgehead atoms. The first-order chi connectivity index (χ1) is 13.9. The van der Waals surface area contributed by atoms with Crippen LogP contribution in [0.2, 0.25) is 0 Å². The first kappa shape index (κ1) is 20.1. The van der Waals surface area contributed by atoms with Crippen LogP contribution in [0, 0.1) is 6.92 Å². The number of nitrogens with one attached hydrogen (secondary N) is 1. The summed E-state index contributed by atoms with van der Waals surface area (Å²) in [6.07, 6.45) is 1.59. The summed E-state index contributed by atoms with van der Waals surface area (Å²) in [4.78, 5) is 36.4. The minimum Gasteiger partial charge on any atom is -0.471 e. The van der Waals surface area contributed by atoms with Crippen LogP contribution in [0.4, 0.5) is 5.00 Å². The Morgan fingerprint density at radius 2 is 1.93 bits per heavy atom. The predicted octanol–water partition coefficient (Wildman–Crippen LogP) is 2.43. The highest BCUT2D eigenvalue weighted by atomic mass is 32.1. The Morgan fingerprint density at radius 3 is 2.59 bits per heavy atom. The number of primary amides is 1. The smallest absolute Gasteiger partial charge is 0.341 e. The van der Waals surface area contributed by atoms with Crippen LogP contribution < -0.4 is 15.8 Å². The molecule has 2 amide bonds. The van der Waals surface area contributed by atoms with Crippen LogP contribution in [0.25, 0.3) is 0 Å². The molecule has 0 spiro atoms. The number of hydrogen-bond acceptors (Lipinski definition) is 7. The number of nitrogens with zero attached hydrogens (tertiary/aromatic N) is 2. The zero-order valence-corrected chi connectivity index (χ0v) is 16.5. The van der Waals surface area contributed by atoms with Gasteiger partial charge in [-0.15, -0.1) is 11.3 Å². The average Bonchev–Trinajstić information content (AvgIpc) is 3.31. The highest BCUT2D eigenvalue weighted by molar-refractivity contribution is 7.18. The van der Waals surface area contributed by atoms with E-state index in [0.717, 1.165) is 11.3 Å². The number of methoxy groups -OCH3 is 1. The molecule has 3 N–H and O–H groups in total. The average molecular weight is 414 g/mol. The Balaban J connectivity index is 1.75. The molecule has 2 heterocycles. The van der Waals surface area contributed by atoms with Gasteiger partial charge in [0.1, 0.15) is 10.8 Å². The van der Waals surface area contributed by atoms with E-state index in [0.29, 0.717) is 11.3 Å². The van der Waals surface area contributed by atoms with Crippen molar-refractivity contribution < 1.29 is 23.9 Å². The second kappa shape index (κ2) is 8.57. The van der Waals surface area contributed by atoms with Gasteiger partial charge in [0.05, 0.1) is 17.6 Å². The molecule has 0 atom stereocenters. The highest BCUT2D eigenvalue weighted by Gasteiger charge is 2.26. The van der Waals surface area contributed by atoms with Crippen molar-refractivity contribution in [1.82, 2.24) is 9.78 Å². The van der Waals surface area contributed by atoms with Gasteiger partial charge in [0.2, 0.25) is 0 Å². The van der Waals surface area contributed by atoms with E-state index < -0.39 is 17.8 Å². The van der Waals surface area contributed by atoms with Crippen LogP contribution >= 0.6 is 11.3 Å². The minimum absolute atomic E-state index is 0.0893. The van der Waals surface area contributed by atoms with Gasteiger partial charge in [-0.25, -0.2) is 9.48 Å². The third-order valence-corrected chi connectivity index (χ3v) is 5.19. The normalized spacial score (nSPS) is 10.4. The topological polar surface area (TPSA) is 126 Å². The number of carbonyl (C=O) groups excluding carboxylic acids is 3. The van der Waals surface area contributed by atoms with Crippen molar-refractivity contribution in [2.75, 3.05) is 12.4 Å². The number of benzene rings is 1. The summed E-state index contributed by atoms with van der Waals surface area (Å²) in [6.45, 7) is 1.68. The molecule has 1 aromatic carbocycles. The number of aromatic nitrogens is 2. The van der Waals surface area contributed by atoms with Crippen molar-refractivity contribution in [2.24, 2.45) is 5.73 Å². The molecule has 3 aromatic rings. The van der Waals surface area contributed by atoms with Crippen molar-refractivity contribution in [3.63, 3.8) is 0 Å². The minimum atomic E-state index is -0.694. The Kier molecular flexibility index (Phi) is 5.93. The zero-order chi connectivity index (χ0) is 21.0.